The van der Waals surface area contributed by atoms with Gasteiger partial charge in [0.15, 0.2) is 0 Å². The molecule has 1 aliphatic heterocycles. The van der Waals surface area contributed by atoms with E-state index in [-0.39, 0.29) is 5.91 Å². The van der Waals surface area contributed by atoms with Crippen LogP contribution >= 0.6 is 0 Å². The molecule has 3 heterocycles. The molecule has 1 aromatic carbocycles. The molecule has 2 aromatic heterocycles. The zero-order chi connectivity index (χ0) is 22.2. The molecule has 5 heteroatoms. The quantitative estimate of drug-likeness (QED) is 0.574. The maximum absolute atomic E-state index is 13.4. The summed E-state index contributed by atoms with van der Waals surface area (Å²) in [5.41, 5.74) is 4.16. The highest BCUT2D eigenvalue weighted by Gasteiger charge is 2.42. The standard InChI is InChI=1S/C27H32N4O/c1-2-14-30-26(32)27(13-5-18-31(21-27)20-25-6-3-4-15-29-25)19-22-7-9-23(10-8-22)24-11-16-28-17-12-24/h3-4,6-12,15-17H,2,5,13-14,18-21H2,1H3,(H,30,32)/t27-/m1/s1. The van der Waals surface area contributed by atoms with Gasteiger partial charge >= 0.3 is 0 Å². The summed E-state index contributed by atoms with van der Waals surface area (Å²) in [6, 6.07) is 18.7. The van der Waals surface area contributed by atoms with Crippen molar-refractivity contribution in [3.63, 3.8) is 0 Å². The second kappa shape index (κ2) is 10.5. The van der Waals surface area contributed by atoms with Crippen molar-refractivity contribution in [3.05, 3.63) is 84.4 Å². The van der Waals surface area contributed by atoms with Crippen LogP contribution in [0.1, 0.15) is 37.4 Å². The molecule has 1 aliphatic rings. The summed E-state index contributed by atoms with van der Waals surface area (Å²) in [7, 11) is 0. The van der Waals surface area contributed by atoms with Crippen LogP contribution in [0.25, 0.3) is 11.1 Å². The lowest BCUT2D eigenvalue weighted by molar-refractivity contribution is -0.134. The van der Waals surface area contributed by atoms with Crippen LogP contribution in [0.2, 0.25) is 0 Å². The second-order valence-electron chi connectivity index (χ2n) is 8.78. The van der Waals surface area contributed by atoms with Gasteiger partial charge in [-0.05, 0) is 73.2 Å². The number of nitrogens with one attached hydrogen (secondary N) is 1. The lowest BCUT2D eigenvalue weighted by atomic mass is 9.74. The summed E-state index contributed by atoms with van der Waals surface area (Å²) in [5.74, 6) is 0.184. The fourth-order valence-corrected chi connectivity index (χ4v) is 4.67. The molecule has 1 fully saturated rings. The number of nitrogens with zero attached hydrogens (tertiary/aromatic N) is 3. The van der Waals surface area contributed by atoms with Gasteiger partial charge in [0.05, 0.1) is 11.1 Å². The average molecular weight is 429 g/mol. The highest BCUT2D eigenvalue weighted by atomic mass is 16.2. The van der Waals surface area contributed by atoms with Gasteiger partial charge in [-0.15, -0.1) is 0 Å². The first-order valence-corrected chi connectivity index (χ1v) is 11.6. The molecule has 1 amide bonds. The predicted molar refractivity (Wildman–Crippen MR) is 128 cm³/mol. The third-order valence-corrected chi connectivity index (χ3v) is 6.30. The number of likely N-dealkylation sites (tertiary alicyclic amines) is 1. The highest BCUT2D eigenvalue weighted by molar-refractivity contribution is 5.83. The zero-order valence-electron chi connectivity index (χ0n) is 18.8. The first kappa shape index (κ1) is 22.2. The van der Waals surface area contributed by atoms with Crippen LogP contribution in [0.4, 0.5) is 0 Å². The van der Waals surface area contributed by atoms with E-state index in [1.807, 2.05) is 42.9 Å². The van der Waals surface area contributed by atoms with Crippen LogP contribution in [0.15, 0.2) is 73.2 Å². The molecule has 0 spiro atoms. The predicted octanol–water partition coefficient (Wildman–Crippen LogP) is 4.49. The summed E-state index contributed by atoms with van der Waals surface area (Å²) in [5, 5.41) is 3.20. The number of hydrogen-bond donors (Lipinski definition) is 1. The number of carbonyl (C=O) groups is 1. The fourth-order valence-electron chi connectivity index (χ4n) is 4.67. The molecule has 4 rings (SSSR count). The molecule has 0 bridgehead atoms. The van der Waals surface area contributed by atoms with Gasteiger partial charge in [-0.25, -0.2) is 0 Å². The van der Waals surface area contributed by atoms with Gasteiger partial charge in [0.25, 0.3) is 0 Å². The molecular weight excluding hydrogens is 396 g/mol. The average Bonchev–Trinajstić information content (AvgIpc) is 2.84. The van der Waals surface area contributed by atoms with Gasteiger partial charge < -0.3 is 5.32 Å². The lowest BCUT2D eigenvalue weighted by Gasteiger charge is -2.42. The topological polar surface area (TPSA) is 58.1 Å². The Bertz CT molecular complexity index is 991. The van der Waals surface area contributed by atoms with E-state index in [4.69, 9.17) is 0 Å². The van der Waals surface area contributed by atoms with Crippen LogP contribution in [0, 0.1) is 5.41 Å². The Morgan fingerprint density at radius 3 is 2.53 bits per heavy atom. The van der Waals surface area contributed by atoms with Crippen molar-refractivity contribution in [1.29, 1.82) is 0 Å². The number of amides is 1. The van der Waals surface area contributed by atoms with Crippen molar-refractivity contribution in [1.82, 2.24) is 20.2 Å². The van der Waals surface area contributed by atoms with Crippen molar-refractivity contribution in [3.8, 4) is 11.1 Å². The number of rotatable bonds is 8. The Morgan fingerprint density at radius 1 is 1.03 bits per heavy atom. The molecule has 0 aliphatic carbocycles. The fraction of sp³-hybridized carbons (Fsp3) is 0.370. The van der Waals surface area contributed by atoms with Gasteiger partial charge in [0.2, 0.25) is 5.91 Å². The monoisotopic (exact) mass is 428 g/mol. The van der Waals surface area contributed by atoms with Crippen molar-refractivity contribution >= 4 is 5.91 Å². The molecule has 1 saturated heterocycles. The van der Waals surface area contributed by atoms with Gasteiger partial charge in [0.1, 0.15) is 0 Å². The van der Waals surface area contributed by atoms with Crippen molar-refractivity contribution in [2.45, 2.75) is 39.2 Å². The molecule has 3 aromatic rings. The minimum atomic E-state index is -0.416. The number of pyridine rings is 2. The van der Waals surface area contributed by atoms with Gasteiger partial charge in [0, 0.05) is 38.2 Å². The Labute approximate surface area is 190 Å². The van der Waals surface area contributed by atoms with Crippen molar-refractivity contribution < 1.29 is 4.79 Å². The SMILES string of the molecule is CCCNC(=O)[C@@]1(Cc2ccc(-c3ccncc3)cc2)CCCN(Cc2ccccn2)C1. The number of piperidine rings is 1. The largest absolute Gasteiger partial charge is 0.356 e. The maximum Gasteiger partial charge on any atom is 0.227 e. The summed E-state index contributed by atoms with van der Waals surface area (Å²) < 4.78 is 0. The molecule has 1 atom stereocenters. The maximum atomic E-state index is 13.4. The first-order valence-electron chi connectivity index (χ1n) is 11.6. The van der Waals surface area contributed by atoms with Crippen LogP contribution in [-0.4, -0.2) is 40.4 Å². The molecule has 32 heavy (non-hydrogen) atoms. The summed E-state index contributed by atoms with van der Waals surface area (Å²) >= 11 is 0. The molecule has 0 saturated carbocycles. The molecular formula is C27H32N4O. The summed E-state index contributed by atoms with van der Waals surface area (Å²) in [6.07, 6.45) is 9.08. The first-order chi connectivity index (χ1) is 15.7. The van der Waals surface area contributed by atoms with E-state index in [0.29, 0.717) is 0 Å². The number of carbonyl (C=O) groups excluding carboxylic acids is 1. The van der Waals surface area contributed by atoms with Crippen LogP contribution in [0.5, 0.6) is 0 Å². The van der Waals surface area contributed by atoms with E-state index in [9.17, 15) is 4.79 Å². The van der Waals surface area contributed by atoms with Crippen LogP contribution in [0.3, 0.4) is 0 Å². The van der Waals surface area contributed by atoms with E-state index in [1.165, 1.54) is 11.1 Å². The summed E-state index contributed by atoms with van der Waals surface area (Å²) in [6.45, 7) is 5.36. The molecule has 0 radical (unpaired) electrons. The minimum absolute atomic E-state index is 0.184. The van der Waals surface area contributed by atoms with E-state index < -0.39 is 5.41 Å². The van der Waals surface area contributed by atoms with E-state index in [2.05, 4.69) is 57.4 Å². The molecule has 0 unspecified atom stereocenters. The number of benzene rings is 1. The van der Waals surface area contributed by atoms with Crippen LogP contribution < -0.4 is 5.32 Å². The third kappa shape index (κ3) is 5.40. The van der Waals surface area contributed by atoms with Gasteiger partial charge in [-0.1, -0.05) is 37.3 Å². The number of aromatic nitrogens is 2. The van der Waals surface area contributed by atoms with Gasteiger partial charge in [-0.3, -0.25) is 19.7 Å². The van der Waals surface area contributed by atoms with E-state index in [1.54, 1.807) is 0 Å². The minimum Gasteiger partial charge on any atom is -0.356 e. The summed E-state index contributed by atoms with van der Waals surface area (Å²) in [4.78, 5) is 24.4. The lowest BCUT2D eigenvalue weighted by Crippen LogP contribution is -2.53. The van der Waals surface area contributed by atoms with Crippen LogP contribution in [-0.2, 0) is 17.8 Å². The zero-order valence-corrected chi connectivity index (χ0v) is 18.8. The van der Waals surface area contributed by atoms with Gasteiger partial charge in [-0.2, -0.15) is 0 Å². The third-order valence-electron chi connectivity index (χ3n) is 6.30. The van der Waals surface area contributed by atoms with E-state index in [0.717, 1.165) is 63.1 Å². The van der Waals surface area contributed by atoms with Crippen molar-refractivity contribution in [2.24, 2.45) is 5.41 Å². The highest BCUT2D eigenvalue weighted by Crippen LogP contribution is 2.35. The van der Waals surface area contributed by atoms with E-state index >= 15 is 0 Å². The smallest absolute Gasteiger partial charge is 0.227 e. The molecule has 5 nitrogen and oxygen atoms in total. The Balaban J connectivity index is 1.54. The van der Waals surface area contributed by atoms with Crippen molar-refractivity contribution in [2.75, 3.05) is 19.6 Å². The molecule has 1 N–H and O–H groups in total. The normalized spacial score (nSPS) is 18.9. The Kier molecular flexibility index (Phi) is 7.28. The second-order valence-corrected chi connectivity index (χ2v) is 8.78. The Morgan fingerprint density at radius 2 is 1.81 bits per heavy atom. The Hall–Kier alpha value is -3.05. The number of hydrogen-bond acceptors (Lipinski definition) is 4. The molecule has 166 valence electrons.